The van der Waals surface area contributed by atoms with Gasteiger partial charge < -0.3 is 9.64 Å². The van der Waals surface area contributed by atoms with E-state index < -0.39 is 11.7 Å². The van der Waals surface area contributed by atoms with E-state index in [-0.39, 0.29) is 24.4 Å². The zero-order valence-corrected chi connectivity index (χ0v) is 15.0. The summed E-state index contributed by atoms with van der Waals surface area (Å²) in [5.74, 6) is -0.236. The average molecular weight is 400 g/mol. The maximum Gasteiger partial charge on any atom is 0.416 e. The molecule has 0 aliphatic carbocycles. The molecule has 0 bridgehead atoms. The second kappa shape index (κ2) is 8.12. The lowest BCUT2D eigenvalue weighted by Crippen LogP contribution is -2.45. The highest BCUT2D eigenvalue weighted by Crippen LogP contribution is 2.29. The molecule has 1 atom stereocenters. The number of halogens is 4. The second-order valence-electron chi connectivity index (χ2n) is 6.28. The summed E-state index contributed by atoms with van der Waals surface area (Å²) in [5, 5.41) is 0.392. The molecule has 1 aliphatic rings. The zero-order valence-electron chi connectivity index (χ0n) is 14.2. The molecular formula is C18H17ClF3N3O2. The third-order valence-corrected chi connectivity index (χ3v) is 4.40. The molecule has 0 radical (unpaired) electrons. The van der Waals surface area contributed by atoms with Crippen LogP contribution in [0.3, 0.4) is 0 Å². The molecule has 1 aromatic heterocycles. The Morgan fingerprint density at radius 3 is 2.74 bits per heavy atom. The van der Waals surface area contributed by atoms with E-state index in [1.54, 1.807) is 4.90 Å². The van der Waals surface area contributed by atoms with Gasteiger partial charge in [0.1, 0.15) is 6.10 Å². The summed E-state index contributed by atoms with van der Waals surface area (Å²) in [6, 6.07) is 5.01. The van der Waals surface area contributed by atoms with Crippen molar-refractivity contribution in [2.75, 3.05) is 13.1 Å². The van der Waals surface area contributed by atoms with E-state index in [1.807, 2.05) is 0 Å². The third-order valence-electron chi connectivity index (χ3n) is 4.21. The van der Waals surface area contributed by atoms with Crippen LogP contribution in [-0.2, 0) is 17.4 Å². The van der Waals surface area contributed by atoms with Crippen molar-refractivity contribution in [2.24, 2.45) is 0 Å². The number of rotatable bonds is 4. The molecule has 1 saturated heterocycles. The molecule has 1 amide bonds. The summed E-state index contributed by atoms with van der Waals surface area (Å²) in [4.78, 5) is 22.0. The van der Waals surface area contributed by atoms with Gasteiger partial charge in [-0.15, -0.1) is 0 Å². The summed E-state index contributed by atoms with van der Waals surface area (Å²) in [7, 11) is 0. The topological polar surface area (TPSA) is 55.3 Å². The van der Waals surface area contributed by atoms with Crippen molar-refractivity contribution in [1.29, 1.82) is 0 Å². The second-order valence-corrected chi connectivity index (χ2v) is 6.72. The van der Waals surface area contributed by atoms with E-state index in [1.165, 1.54) is 24.5 Å². The molecule has 3 rings (SSSR count). The standard InChI is InChI=1S/C18H17ClF3N3O2/c19-14-9-23-17(24-10-14)27-15-5-2-6-25(11-15)16(26)8-12-3-1-4-13(7-12)18(20,21)22/h1,3-4,7,9-10,15H,2,5-6,8,11H2. The van der Waals surface area contributed by atoms with E-state index >= 15 is 0 Å². The van der Waals surface area contributed by atoms with Crippen LogP contribution < -0.4 is 4.74 Å². The minimum Gasteiger partial charge on any atom is -0.458 e. The summed E-state index contributed by atoms with van der Waals surface area (Å²) in [6.45, 7) is 0.878. The SMILES string of the molecule is O=C(Cc1cccc(C(F)(F)F)c1)N1CCCC(Oc2ncc(Cl)cn2)C1. The van der Waals surface area contributed by atoms with Crippen molar-refractivity contribution < 1.29 is 22.7 Å². The number of amides is 1. The maximum atomic E-state index is 12.8. The Morgan fingerprint density at radius 2 is 2.04 bits per heavy atom. The van der Waals surface area contributed by atoms with Gasteiger partial charge in [-0.3, -0.25) is 4.79 Å². The molecule has 144 valence electrons. The number of nitrogens with zero attached hydrogens (tertiary/aromatic N) is 3. The first-order valence-electron chi connectivity index (χ1n) is 8.39. The van der Waals surface area contributed by atoms with Crippen LogP contribution in [0.4, 0.5) is 13.2 Å². The summed E-state index contributed by atoms with van der Waals surface area (Å²) >= 11 is 5.73. The first-order chi connectivity index (χ1) is 12.8. The van der Waals surface area contributed by atoms with E-state index in [2.05, 4.69) is 9.97 Å². The summed E-state index contributed by atoms with van der Waals surface area (Å²) < 4.78 is 44.1. The molecular weight excluding hydrogens is 383 g/mol. The number of hydrogen-bond acceptors (Lipinski definition) is 4. The van der Waals surface area contributed by atoms with Crippen LogP contribution in [-0.4, -0.2) is 40.0 Å². The van der Waals surface area contributed by atoms with Gasteiger partial charge in [0.2, 0.25) is 5.91 Å². The smallest absolute Gasteiger partial charge is 0.416 e. The van der Waals surface area contributed by atoms with E-state index in [9.17, 15) is 18.0 Å². The number of aromatic nitrogens is 2. The quantitative estimate of drug-likeness (QED) is 0.785. The number of likely N-dealkylation sites (tertiary alicyclic amines) is 1. The normalized spacial score (nSPS) is 17.6. The molecule has 0 spiro atoms. The van der Waals surface area contributed by atoms with Crippen LogP contribution in [0, 0.1) is 0 Å². The van der Waals surface area contributed by atoms with Crippen molar-refractivity contribution in [3.8, 4) is 6.01 Å². The van der Waals surface area contributed by atoms with Crippen molar-refractivity contribution in [2.45, 2.75) is 31.5 Å². The van der Waals surface area contributed by atoms with Gasteiger partial charge in [-0.2, -0.15) is 13.2 Å². The van der Waals surface area contributed by atoms with Crippen LogP contribution in [0.5, 0.6) is 6.01 Å². The first kappa shape index (κ1) is 19.4. The lowest BCUT2D eigenvalue weighted by atomic mass is 10.0. The minimum absolute atomic E-state index is 0.0892. The Kier molecular flexibility index (Phi) is 5.84. The van der Waals surface area contributed by atoms with Crippen LogP contribution in [0.1, 0.15) is 24.0 Å². The molecule has 1 unspecified atom stereocenters. The van der Waals surface area contributed by atoms with Gasteiger partial charge >= 0.3 is 12.2 Å². The van der Waals surface area contributed by atoms with Gasteiger partial charge in [-0.25, -0.2) is 9.97 Å². The number of hydrogen-bond donors (Lipinski definition) is 0. The third kappa shape index (κ3) is 5.32. The maximum absolute atomic E-state index is 12.8. The van der Waals surface area contributed by atoms with E-state index in [4.69, 9.17) is 16.3 Å². The average Bonchev–Trinajstić information content (AvgIpc) is 2.63. The van der Waals surface area contributed by atoms with Crippen LogP contribution in [0.15, 0.2) is 36.7 Å². The number of ether oxygens (including phenoxy) is 1. The van der Waals surface area contributed by atoms with Crippen molar-refractivity contribution in [1.82, 2.24) is 14.9 Å². The Labute approximate surface area is 159 Å². The number of carbonyl (C=O) groups is 1. The van der Waals surface area contributed by atoms with Crippen LogP contribution in [0.25, 0.3) is 0 Å². The molecule has 9 heteroatoms. The predicted octanol–water partition coefficient (Wildman–Crippen LogP) is 3.76. The van der Waals surface area contributed by atoms with Gasteiger partial charge in [0.25, 0.3) is 0 Å². The molecule has 0 N–H and O–H groups in total. The van der Waals surface area contributed by atoms with Gasteiger partial charge in [0.15, 0.2) is 0 Å². The number of benzene rings is 1. The number of piperidine rings is 1. The van der Waals surface area contributed by atoms with Gasteiger partial charge in [0.05, 0.1) is 35.9 Å². The summed E-state index contributed by atoms with van der Waals surface area (Å²) in [6.07, 6.45) is -0.487. The highest BCUT2D eigenvalue weighted by molar-refractivity contribution is 6.30. The van der Waals surface area contributed by atoms with Gasteiger partial charge in [-0.05, 0) is 24.5 Å². The zero-order chi connectivity index (χ0) is 19.4. The van der Waals surface area contributed by atoms with Crippen molar-refractivity contribution in [3.63, 3.8) is 0 Å². The van der Waals surface area contributed by atoms with Gasteiger partial charge in [0, 0.05) is 6.54 Å². The fourth-order valence-electron chi connectivity index (χ4n) is 2.92. The lowest BCUT2D eigenvalue weighted by Gasteiger charge is -2.32. The molecule has 0 saturated carbocycles. The Bertz CT molecular complexity index is 799. The Balaban J connectivity index is 1.60. The molecule has 1 aliphatic heterocycles. The van der Waals surface area contributed by atoms with Crippen molar-refractivity contribution in [3.05, 3.63) is 52.8 Å². The van der Waals surface area contributed by atoms with Gasteiger partial charge in [-0.1, -0.05) is 29.8 Å². The molecule has 1 aromatic carbocycles. The van der Waals surface area contributed by atoms with E-state index in [0.29, 0.717) is 23.7 Å². The Morgan fingerprint density at radius 1 is 1.30 bits per heavy atom. The molecule has 5 nitrogen and oxygen atoms in total. The minimum atomic E-state index is -4.43. The predicted molar refractivity (Wildman–Crippen MR) is 92.4 cm³/mol. The fourth-order valence-corrected chi connectivity index (χ4v) is 3.01. The lowest BCUT2D eigenvalue weighted by molar-refractivity contribution is -0.138. The number of alkyl halides is 3. The highest BCUT2D eigenvalue weighted by Gasteiger charge is 2.31. The molecule has 27 heavy (non-hydrogen) atoms. The molecule has 2 aromatic rings. The van der Waals surface area contributed by atoms with Crippen LogP contribution in [0.2, 0.25) is 5.02 Å². The fraction of sp³-hybridized carbons (Fsp3) is 0.389. The van der Waals surface area contributed by atoms with Crippen LogP contribution >= 0.6 is 11.6 Å². The monoisotopic (exact) mass is 399 g/mol. The largest absolute Gasteiger partial charge is 0.458 e. The molecule has 2 heterocycles. The summed E-state index contributed by atoms with van der Waals surface area (Å²) in [5.41, 5.74) is -0.425. The number of carbonyl (C=O) groups excluding carboxylic acids is 1. The van der Waals surface area contributed by atoms with Crippen molar-refractivity contribution >= 4 is 17.5 Å². The first-order valence-corrected chi connectivity index (χ1v) is 8.77. The molecule has 1 fully saturated rings. The van der Waals surface area contributed by atoms with E-state index in [0.717, 1.165) is 25.0 Å². The highest BCUT2D eigenvalue weighted by atomic mass is 35.5. The Hall–Kier alpha value is -2.35.